The fourth-order valence-corrected chi connectivity index (χ4v) is 2.61. The van der Waals surface area contributed by atoms with E-state index in [-0.39, 0.29) is 0 Å². The standard InChI is InChI=1S/C17H17N5/c1-2-6-13(7-3-1)15-8-4-5-9-16(15)18-12-17-19-20-21-22(17)14-10-11-14/h1-9,14,18H,10-12H2. The van der Waals surface area contributed by atoms with Gasteiger partial charge in [0, 0.05) is 11.3 Å². The molecule has 0 radical (unpaired) electrons. The van der Waals surface area contributed by atoms with Crippen LogP contribution < -0.4 is 5.32 Å². The van der Waals surface area contributed by atoms with Crippen molar-refractivity contribution in [1.82, 2.24) is 20.2 Å². The number of nitrogens with one attached hydrogen (secondary N) is 1. The van der Waals surface area contributed by atoms with Gasteiger partial charge in [-0.1, -0.05) is 48.5 Å². The molecule has 1 aromatic heterocycles. The Morgan fingerprint density at radius 1 is 1.00 bits per heavy atom. The molecule has 1 aliphatic carbocycles. The second-order valence-electron chi connectivity index (χ2n) is 5.54. The van der Waals surface area contributed by atoms with Crippen LogP contribution in [-0.4, -0.2) is 20.2 Å². The molecule has 1 N–H and O–H groups in total. The van der Waals surface area contributed by atoms with Crippen molar-refractivity contribution in [3.8, 4) is 11.1 Å². The lowest BCUT2D eigenvalue weighted by Gasteiger charge is -2.12. The molecular weight excluding hydrogens is 274 g/mol. The van der Waals surface area contributed by atoms with Gasteiger partial charge >= 0.3 is 0 Å². The number of tetrazole rings is 1. The summed E-state index contributed by atoms with van der Waals surface area (Å²) in [4.78, 5) is 0. The molecule has 0 atom stereocenters. The second kappa shape index (κ2) is 5.60. The molecule has 1 saturated carbocycles. The summed E-state index contributed by atoms with van der Waals surface area (Å²) in [7, 11) is 0. The number of anilines is 1. The van der Waals surface area contributed by atoms with Crippen molar-refractivity contribution in [3.05, 3.63) is 60.4 Å². The van der Waals surface area contributed by atoms with Crippen molar-refractivity contribution in [2.45, 2.75) is 25.4 Å². The number of hydrogen-bond donors (Lipinski definition) is 1. The summed E-state index contributed by atoms with van der Waals surface area (Å²) >= 11 is 0. The highest BCUT2D eigenvalue weighted by Crippen LogP contribution is 2.34. The number of rotatable bonds is 5. The first-order valence-electron chi connectivity index (χ1n) is 7.57. The number of nitrogens with zero attached hydrogens (tertiary/aromatic N) is 4. The van der Waals surface area contributed by atoms with Crippen LogP contribution in [0, 0.1) is 0 Å². The van der Waals surface area contributed by atoms with Crippen LogP contribution in [0.1, 0.15) is 24.7 Å². The molecule has 1 heterocycles. The topological polar surface area (TPSA) is 55.6 Å². The smallest absolute Gasteiger partial charge is 0.170 e. The zero-order valence-electron chi connectivity index (χ0n) is 12.2. The molecule has 4 rings (SSSR count). The zero-order valence-corrected chi connectivity index (χ0v) is 12.2. The van der Waals surface area contributed by atoms with Crippen molar-refractivity contribution in [2.75, 3.05) is 5.32 Å². The van der Waals surface area contributed by atoms with E-state index >= 15 is 0 Å². The Morgan fingerprint density at radius 3 is 2.59 bits per heavy atom. The van der Waals surface area contributed by atoms with Crippen LogP contribution in [0.15, 0.2) is 54.6 Å². The van der Waals surface area contributed by atoms with Crippen molar-refractivity contribution < 1.29 is 0 Å². The molecule has 0 aliphatic heterocycles. The van der Waals surface area contributed by atoms with E-state index in [0.717, 1.165) is 11.5 Å². The molecule has 0 saturated heterocycles. The maximum Gasteiger partial charge on any atom is 0.170 e. The van der Waals surface area contributed by atoms with E-state index in [2.05, 4.69) is 63.3 Å². The average Bonchev–Trinajstić information content (AvgIpc) is 3.32. The minimum atomic E-state index is 0.496. The van der Waals surface area contributed by atoms with E-state index in [1.807, 2.05) is 16.8 Å². The maximum atomic E-state index is 4.13. The van der Waals surface area contributed by atoms with E-state index in [0.29, 0.717) is 12.6 Å². The fraction of sp³-hybridized carbons (Fsp3) is 0.235. The van der Waals surface area contributed by atoms with E-state index in [4.69, 9.17) is 0 Å². The summed E-state index contributed by atoms with van der Waals surface area (Å²) in [5.41, 5.74) is 3.49. The van der Waals surface area contributed by atoms with Gasteiger partial charge in [-0.3, -0.25) is 0 Å². The Labute approximate surface area is 129 Å². The zero-order chi connectivity index (χ0) is 14.8. The van der Waals surface area contributed by atoms with Crippen molar-refractivity contribution in [3.63, 3.8) is 0 Å². The highest BCUT2D eigenvalue weighted by atomic mass is 15.6. The first-order valence-corrected chi connectivity index (χ1v) is 7.57. The third-order valence-electron chi connectivity index (χ3n) is 3.90. The summed E-state index contributed by atoms with van der Waals surface area (Å²) in [6.07, 6.45) is 2.36. The third-order valence-corrected chi connectivity index (χ3v) is 3.90. The van der Waals surface area contributed by atoms with Crippen LogP contribution in [0.3, 0.4) is 0 Å². The largest absolute Gasteiger partial charge is 0.377 e. The number of para-hydroxylation sites is 1. The number of benzene rings is 2. The molecule has 3 aromatic rings. The van der Waals surface area contributed by atoms with Crippen molar-refractivity contribution in [1.29, 1.82) is 0 Å². The Bertz CT molecular complexity index is 761. The molecule has 110 valence electrons. The van der Waals surface area contributed by atoms with Gasteiger partial charge in [0.15, 0.2) is 5.82 Å². The van der Waals surface area contributed by atoms with Gasteiger partial charge < -0.3 is 5.32 Å². The summed E-state index contributed by atoms with van der Waals surface area (Å²) < 4.78 is 1.94. The first kappa shape index (κ1) is 13.0. The van der Waals surface area contributed by atoms with Gasteiger partial charge in [0.2, 0.25) is 0 Å². The molecule has 0 bridgehead atoms. The lowest BCUT2D eigenvalue weighted by molar-refractivity contribution is 0.586. The molecular formula is C17H17N5. The lowest BCUT2D eigenvalue weighted by atomic mass is 10.0. The monoisotopic (exact) mass is 291 g/mol. The summed E-state index contributed by atoms with van der Waals surface area (Å²) in [6.45, 7) is 0.632. The normalized spacial score (nSPS) is 14.0. The quantitative estimate of drug-likeness (QED) is 0.783. The Hall–Kier alpha value is -2.69. The van der Waals surface area contributed by atoms with E-state index in [1.54, 1.807) is 0 Å². The molecule has 5 heteroatoms. The van der Waals surface area contributed by atoms with Gasteiger partial charge in [0.1, 0.15) is 0 Å². The second-order valence-corrected chi connectivity index (χ2v) is 5.54. The van der Waals surface area contributed by atoms with Crippen LogP contribution in [-0.2, 0) is 6.54 Å². The minimum absolute atomic E-state index is 0.496. The van der Waals surface area contributed by atoms with E-state index in [9.17, 15) is 0 Å². The predicted molar refractivity (Wildman–Crippen MR) is 85.3 cm³/mol. The molecule has 1 fully saturated rings. The van der Waals surface area contributed by atoms with Crippen molar-refractivity contribution in [2.24, 2.45) is 0 Å². The molecule has 0 amide bonds. The molecule has 5 nitrogen and oxygen atoms in total. The number of hydrogen-bond acceptors (Lipinski definition) is 4. The van der Waals surface area contributed by atoms with Gasteiger partial charge in [-0.05, 0) is 34.9 Å². The Balaban J connectivity index is 1.57. The average molecular weight is 291 g/mol. The van der Waals surface area contributed by atoms with E-state index in [1.165, 1.54) is 24.0 Å². The van der Waals surface area contributed by atoms with Gasteiger partial charge in [-0.15, -0.1) is 5.10 Å². The number of aromatic nitrogens is 4. The summed E-state index contributed by atoms with van der Waals surface area (Å²) in [6, 6.07) is 19.2. The third kappa shape index (κ3) is 2.57. The fourth-order valence-electron chi connectivity index (χ4n) is 2.61. The van der Waals surface area contributed by atoms with Crippen LogP contribution in [0.2, 0.25) is 0 Å². The highest BCUT2D eigenvalue weighted by molar-refractivity contribution is 5.77. The van der Waals surface area contributed by atoms with Crippen molar-refractivity contribution >= 4 is 5.69 Å². The van der Waals surface area contributed by atoms with Gasteiger partial charge in [0.05, 0.1) is 12.6 Å². The van der Waals surface area contributed by atoms with Crippen LogP contribution in [0.25, 0.3) is 11.1 Å². The highest BCUT2D eigenvalue weighted by Gasteiger charge is 2.27. The van der Waals surface area contributed by atoms with Gasteiger partial charge in [0.25, 0.3) is 0 Å². The summed E-state index contributed by atoms with van der Waals surface area (Å²) in [5.74, 6) is 0.894. The maximum absolute atomic E-state index is 4.13. The summed E-state index contributed by atoms with van der Waals surface area (Å²) in [5, 5.41) is 15.5. The lowest BCUT2D eigenvalue weighted by Crippen LogP contribution is -2.09. The SMILES string of the molecule is c1ccc(-c2ccccc2NCc2nnnn2C2CC2)cc1. The predicted octanol–water partition coefficient (Wildman–Crippen LogP) is 3.29. The van der Waals surface area contributed by atoms with E-state index < -0.39 is 0 Å². The molecule has 1 aliphatic rings. The Morgan fingerprint density at radius 2 is 1.77 bits per heavy atom. The molecule has 2 aromatic carbocycles. The van der Waals surface area contributed by atoms with Gasteiger partial charge in [-0.2, -0.15) is 0 Å². The Kier molecular flexibility index (Phi) is 3.31. The molecule has 0 spiro atoms. The van der Waals surface area contributed by atoms with Gasteiger partial charge in [-0.25, -0.2) is 4.68 Å². The van der Waals surface area contributed by atoms with Crippen LogP contribution >= 0.6 is 0 Å². The molecule has 0 unspecified atom stereocenters. The first-order chi connectivity index (χ1) is 10.9. The molecule has 22 heavy (non-hydrogen) atoms. The minimum Gasteiger partial charge on any atom is -0.377 e. The van der Waals surface area contributed by atoms with Crippen LogP contribution in [0.4, 0.5) is 5.69 Å². The van der Waals surface area contributed by atoms with Crippen LogP contribution in [0.5, 0.6) is 0 Å².